The van der Waals surface area contributed by atoms with Gasteiger partial charge in [0.1, 0.15) is 0 Å². The van der Waals surface area contributed by atoms with Crippen LogP contribution in [-0.2, 0) is 20.7 Å². The van der Waals surface area contributed by atoms with Gasteiger partial charge in [0.25, 0.3) is 0 Å². The number of ether oxygens (including phenoxy) is 1. The van der Waals surface area contributed by atoms with Crippen molar-refractivity contribution >= 4 is 34.4 Å². The summed E-state index contributed by atoms with van der Waals surface area (Å²) in [5.41, 5.74) is 0.558. The molecule has 0 radical (unpaired) electrons. The SMILES string of the molecule is CC[C@]12CN(C(=O)Cc3c[nH]c4ccccc34)[C@](C(=O)OC)(C=C[C@H]1Cl)C2. The maximum Gasteiger partial charge on any atom is 0.335 e. The van der Waals surface area contributed by atoms with Crippen LogP contribution in [0, 0.1) is 5.41 Å². The molecule has 6 heteroatoms. The smallest absolute Gasteiger partial charge is 0.335 e. The number of halogens is 1. The molecule has 4 rings (SSSR count). The Morgan fingerprint density at radius 1 is 1.37 bits per heavy atom. The minimum atomic E-state index is -1.06. The van der Waals surface area contributed by atoms with E-state index in [2.05, 4.69) is 11.9 Å². The van der Waals surface area contributed by atoms with Crippen molar-refractivity contribution in [2.75, 3.05) is 13.7 Å². The predicted molar refractivity (Wildman–Crippen MR) is 105 cm³/mol. The molecule has 2 aromatic rings. The van der Waals surface area contributed by atoms with Crippen LogP contribution in [0.3, 0.4) is 0 Å². The third-order valence-electron chi connectivity index (χ3n) is 6.26. The van der Waals surface area contributed by atoms with E-state index >= 15 is 0 Å². The maximum atomic E-state index is 13.3. The molecule has 1 aromatic carbocycles. The first-order valence-electron chi connectivity index (χ1n) is 9.23. The molecule has 5 nitrogen and oxygen atoms in total. The van der Waals surface area contributed by atoms with Crippen LogP contribution in [0.25, 0.3) is 10.9 Å². The molecule has 1 aliphatic carbocycles. The number of benzene rings is 1. The molecule has 2 aliphatic rings. The van der Waals surface area contributed by atoms with Crippen LogP contribution >= 0.6 is 11.6 Å². The van der Waals surface area contributed by atoms with Gasteiger partial charge in [-0.3, -0.25) is 4.79 Å². The number of nitrogens with one attached hydrogen (secondary N) is 1. The molecule has 1 saturated heterocycles. The van der Waals surface area contributed by atoms with Crippen molar-refractivity contribution in [1.29, 1.82) is 0 Å². The summed E-state index contributed by atoms with van der Waals surface area (Å²) in [4.78, 5) is 30.9. The van der Waals surface area contributed by atoms with Crippen molar-refractivity contribution < 1.29 is 14.3 Å². The molecule has 1 N–H and O–H groups in total. The number of hydrogen-bond acceptors (Lipinski definition) is 3. The number of rotatable bonds is 4. The van der Waals surface area contributed by atoms with Gasteiger partial charge >= 0.3 is 5.97 Å². The summed E-state index contributed by atoms with van der Waals surface area (Å²) >= 11 is 6.59. The topological polar surface area (TPSA) is 62.4 Å². The molecular formula is C21H23ClN2O3. The summed E-state index contributed by atoms with van der Waals surface area (Å²) in [6.45, 7) is 2.52. The first kappa shape index (κ1) is 18.1. The number of H-pyrrole nitrogens is 1. The maximum absolute atomic E-state index is 13.3. The molecule has 27 heavy (non-hydrogen) atoms. The van der Waals surface area contributed by atoms with E-state index in [4.69, 9.17) is 16.3 Å². The summed E-state index contributed by atoms with van der Waals surface area (Å²) in [5, 5.41) is 0.822. The van der Waals surface area contributed by atoms with Crippen LogP contribution < -0.4 is 0 Å². The lowest BCUT2D eigenvalue weighted by Gasteiger charge is -2.36. The number of hydrogen-bond donors (Lipinski definition) is 1. The Hall–Kier alpha value is -2.27. The zero-order chi connectivity index (χ0) is 19.2. The third-order valence-corrected chi connectivity index (χ3v) is 6.87. The average Bonchev–Trinajstić information content (AvgIpc) is 3.23. The van der Waals surface area contributed by atoms with Crippen molar-refractivity contribution in [3.8, 4) is 0 Å². The largest absolute Gasteiger partial charge is 0.467 e. The number of nitrogens with zero attached hydrogens (tertiary/aromatic N) is 1. The third kappa shape index (κ3) is 2.59. The summed E-state index contributed by atoms with van der Waals surface area (Å²) in [6, 6.07) is 7.89. The second kappa shape index (κ2) is 6.41. The van der Waals surface area contributed by atoms with Crippen molar-refractivity contribution in [2.45, 2.75) is 37.1 Å². The normalized spacial score (nSPS) is 29.3. The average molecular weight is 387 g/mol. The number of para-hydroxylation sites is 1. The summed E-state index contributed by atoms with van der Waals surface area (Å²) in [7, 11) is 1.37. The molecule has 2 bridgehead atoms. The number of fused-ring (bicyclic) bond motifs is 3. The quantitative estimate of drug-likeness (QED) is 0.497. The number of likely N-dealkylation sites (tertiary alicyclic amines) is 1. The number of carbonyl (C=O) groups is 2. The first-order valence-corrected chi connectivity index (χ1v) is 9.67. The fraction of sp³-hybridized carbons (Fsp3) is 0.429. The van der Waals surface area contributed by atoms with Crippen molar-refractivity contribution in [3.63, 3.8) is 0 Å². The van der Waals surface area contributed by atoms with Crippen LogP contribution in [0.1, 0.15) is 25.3 Å². The number of allylic oxidation sites excluding steroid dienone is 1. The molecular weight excluding hydrogens is 364 g/mol. The number of amides is 1. The molecule has 1 fully saturated rings. The predicted octanol–water partition coefficient (Wildman–Crippen LogP) is 3.43. The van der Waals surface area contributed by atoms with Gasteiger partial charge in [0.15, 0.2) is 5.54 Å². The highest BCUT2D eigenvalue weighted by molar-refractivity contribution is 6.22. The number of esters is 1. The Balaban J connectivity index is 1.70. The van der Waals surface area contributed by atoms with E-state index in [1.54, 1.807) is 11.0 Å². The minimum Gasteiger partial charge on any atom is -0.467 e. The fourth-order valence-corrected chi connectivity index (χ4v) is 5.00. The van der Waals surface area contributed by atoms with E-state index in [9.17, 15) is 9.59 Å². The van der Waals surface area contributed by atoms with E-state index in [1.807, 2.05) is 36.5 Å². The number of aromatic amines is 1. The van der Waals surface area contributed by atoms with E-state index in [0.29, 0.717) is 13.0 Å². The molecule has 0 unspecified atom stereocenters. The molecule has 1 aromatic heterocycles. The van der Waals surface area contributed by atoms with Crippen LogP contribution in [-0.4, -0.2) is 46.3 Å². The van der Waals surface area contributed by atoms with Gasteiger partial charge in [0, 0.05) is 29.1 Å². The lowest BCUT2D eigenvalue weighted by Crippen LogP contribution is -2.53. The molecule has 0 saturated carbocycles. The van der Waals surface area contributed by atoms with Gasteiger partial charge in [0.05, 0.1) is 18.9 Å². The number of carbonyl (C=O) groups excluding carboxylic acids is 2. The van der Waals surface area contributed by atoms with Crippen molar-refractivity contribution in [2.24, 2.45) is 5.41 Å². The summed E-state index contributed by atoms with van der Waals surface area (Å²) in [6.07, 6.45) is 7.01. The highest BCUT2D eigenvalue weighted by atomic mass is 35.5. The van der Waals surface area contributed by atoms with Gasteiger partial charge in [-0.1, -0.05) is 37.3 Å². The second-order valence-corrected chi connectivity index (χ2v) is 8.06. The van der Waals surface area contributed by atoms with Gasteiger partial charge in [-0.25, -0.2) is 4.79 Å². The second-order valence-electron chi connectivity index (χ2n) is 7.59. The monoisotopic (exact) mass is 386 g/mol. The molecule has 0 spiro atoms. The Labute approximate surface area is 163 Å². The minimum absolute atomic E-state index is 0.0871. The Bertz CT molecular complexity index is 936. The number of methoxy groups -OCH3 is 1. The van der Waals surface area contributed by atoms with E-state index < -0.39 is 11.5 Å². The van der Waals surface area contributed by atoms with Crippen molar-refractivity contribution in [3.05, 3.63) is 48.2 Å². The standard InChI is InChI=1S/C21H23ClN2O3/c1-3-20-12-21(19(26)27-2,9-8-17(20)22)24(13-20)18(25)10-14-11-23-16-7-5-4-6-15(14)16/h4-9,11,17,23H,3,10,12-13H2,1-2H3/t17-,20+,21-/m1/s1. The van der Waals surface area contributed by atoms with Gasteiger partial charge in [-0.05, 0) is 24.5 Å². The highest BCUT2D eigenvalue weighted by Crippen LogP contribution is 2.53. The van der Waals surface area contributed by atoms with Crippen molar-refractivity contribution in [1.82, 2.24) is 9.88 Å². The van der Waals surface area contributed by atoms with Gasteiger partial charge in [-0.15, -0.1) is 11.6 Å². The molecule has 1 amide bonds. The first-order chi connectivity index (χ1) is 13.0. The molecule has 1 aliphatic heterocycles. The molecule has 3 atom stereocenters. The van der Waals surface area contributed by atoms with Crippen LogP contribution in [0.2, 0.25) is 0 Å². The Morgan fingerprint density at radius 3 is 2.89 bits per heavy atom. The zero-order valence-corrected chi connectivity index (χ0v) is 16.3. The van der Waals surface area contributed by atoms with Gasteiger partial charge < -0.3 is 14.6 Å². The zero-order valence-electron chi connectivity index (χ0n) is 15.5. The summed E-state index contributed by atoms with van der Waals surface area (Å²) < 4.78 is 5.09. The van der Waals surface area contributed by atoms with Crippen LogP contribution in [0.15, 0.2) is 42.6 Å². The Kier molecular flexibility index (Phi) is 4.30. The molecule has 2 heterocycles. The van der Waals surface area contributed by atoms with E-state index in [-0.39, 0.29) is 23.1 Å². The Morgan fingerprint density at radius 2 is 2.15 bits per heavy atom. The van der Waals surface area contributed by atoms with E-state index in [1.165, 1.54) is 7.11 Å². The van der Waals surface area contributed by atoms with Gasteiger partial charge in [0.2, 0.25) is 5.91 Å². The van der Waals surface area contributed by atoms with Crippen LogP contribution in [0.5, 0.6) is 0 Å². The van der Waals surface area contributed by atoms with E-state index in [0.717, 1.165) is 22.9 Å². The van der Waals surface area contributed by atoms with Gasteiger partial charge in [-0.2, -0.15) is 0 Å². The van der Waals surface area contributed by atoms with Crippen LogP contribution in [0.4, 0.5) is 0 Å². The number of alkyl halides is 1. The molecule has 142 valence electrons. The lowest BCUT2D eigenvalue weighted by atomic mass is 9.72. The lowest BCUT2D eigenvalue weighted by molar-refractivity contribution is -0.155. The summed E-state index contributed by atoms with van der Waals surface area (Å²) in [5.74, 6) is -0.485. The highest BCUT2D eigenvalue weighted by Gasteiger charge is 2.61. The fourth-order valence-electron chi connectivity index (χ4n) is 4.63. The number of aromatic nitrogens is 1.